The van der Waals surface area contributed by atoms with Crippen LogP contribution in [-0.4, -0.2) is 34.0 Å². The van der Waals surface area contributed by atoms with E-state index in [2.05, 4.69) is 20.7 Å². The molecule has 1 heterocycles. The number of rotatable bonds is 9. The van der Waals surface area contributed by atoms with Crippen molar-refractivity contribution >= 4 is 12.1 Å². The molecule has 0 saturated heterocycles. The topological polar surface area (TPSA) is 109 Å². The van der Waals surface area contributed by atoms with Crippen molar-refractivity contribution in [1.82, 2.24) is 15.6 Å². The lowest BCUT2D eigenvalue weighted by Crippen LogP contribution is -2.18. The second-order valence-electron chi connectivity index (χ2n) is 7.30. The number of aromatic hydroxyl groups is 1. The van der Waals surface area contributed by atoms with Crippen LogP contribution in [0.15, 0.2) is 84.0 Å². The van der Waals surface area contributed by atoms with Gasteiger partial charge in [0.05, 0.1) is 18.5 Å². The number of benzene rings is 3. The third kappa shape index (κ3) is 5.60. The van der Waals surface area contributed by atoms with Crippen molar-refractivity contribution < 1.29 is 19.4 Å². The number of hydrazone groups is 1. The highest BCUT2D eigenvalue weighted by Gasteiger charge is 2.12. The standard InChI is InChI=1S/C26H24N4O4/c1-2-33-24-13-7-11-20(25(24)31)16-27-30-26(32)23-15-22(28-29-23)19-10-6-12-21(14-19)34-17-18-8-4-3-5-9-18/h3-16,31H,2,17H2,1H3,(H,28,29)(H,30,32)/b27-16+. The molecule has 0 aliphatic rings. The first-order valence-electron chi connectivity index (χ1n) is 10.7. The number of phenols is 1. The van der Waals surface area contributed by atoms with Gasteiger partial charge in [-0.2, -0.15) is 10.2 Å². The van der Waals surface area contributed by atoms with E-state index in [1.165, 1.54) is 6.21 Å². The van der Waals surface area contributed by atoms with Gasteiger partial charge in [-0.3, -0.25) is 9.89 Å². The predicted molar refractivity (Wildman–Crippen MR) is 129 cm³/mol. The Morgan fingerprint density at radius 1 is 1.06 bits per heavy atom. The van der Waals surface area contributed by atoms with Gasteiger partial charge in [0.15, 0.2) is 11.5 Å². The normalized spacial score (nSPS) is 10.9. The Kier molecular flexibility index (Phi) is 7.19. The molecule has 0 spiro atoms. The number of hydrogen-bond acceptors (Lipinski definition) is 6. The number of aromatic nitrogens is 2. The van der Waals surface area contributed by atoms with Gasteiger partial charge in [0.1, 0.15) is 18.1 Å². The molecule has 3 aromatic carbocycles. The maximum absolute atomic E-state index is 12.5. The van der Waals surface area contributed by atoms with E-state index in [1.54, 1.807) is 24.3 Å². The smallest absolute Gasteiger partial charge is 0.289 e. The molecule has 0 bridgehead atoms. The molecule has 0 fully saturated rings. The molecule has 8 nitrogen and oxygen atoms in total. The second kappa shape index (κ2) is 10.8. The van der Waals surface area contributed by atoms with Crippen molar-refractivity contribution in [1.29, 1.82) is 0 Å². The van der Waals surface area contributed by atoms with E-state index < -0.39 is 5.91 Å². The fourth-order valence-corrected chi connectivity index (χ4v) is 3.21. The SMILES string of the molecule is CCOc1cccc(/C=N/NC(=O)c2cc(-c3cccc(OCc4ccccc4)c3)n[nH]2)c1O. The summed E-state index contributed by atoms with van der Waals surface area (Å²) in [4.78, 5) is 12.5. The molecule has 4 rings (SSSR count). The zero-order valence-electron chi connectivity index (χ0n) is 18.6. The number of H-pyrrole nitrogens is 1. The van der Waals surface area contributed by atoms with Crippen LogP contribution in [0.5, 0.6) is 17.2 Å². The lowest BCUT2D eigenvalue weighted by atomic mass is 10.1. The minimum atomic E-state index is -0.466. The quantitative estimate of drug-likeness (QED) is 0.253. The van der Waals surface area contributed by atoms with Crippen LogP contribution in [0.25, 0.3) is 11.3 Å². The first-order valence-corrected chi connectivity index (χ1v) is 10.7. The van der Waals surface area contributed by atoms with E-state index in [9.17, 15) is 9.90 Å². The molecular formula is C26H24N4O4. The first kappa shape index (κ1) is 22.6. The van der Waals surface area contributed by atoms with Crippen molar-refractivity contribution in [3.05, 3.63) is 95.7 Å². The summed E-state index contributed by atoms with van der Waals surface area (Å²) in [5.41, 5.74) is 5.57. The highest BCUT2D eigenvalue weighted by Crippen LogP contribution is 2.28. The van der Waals surface area contributed by atoms with Crippen molar-refractivity contribution in [2.45, 2.75) is 13.5 Å². The Balaban J connectivity index is 1.39. The Hall–Kier alpha value is -4.59. The van der Waals surface area contributed by atoms with Crippen molar-refractivity contribution in [2.75, 3.05) is 6.61 Å². The van der Waals surface area contributed by atoms with Crippen molar-refractivity contribution in [2.24, 2.45) is 5.10 Å². The number of carbonyl (C=O) groups excluding carboxylic acids is 1. The van der Waals surface area contributed by atoms with E-state index in [0.29, 0.717) is 36.0 Å². The Labute approximate surface area is 196 Å². The molecule has 1 amide bonds. The molecule has 0 atom stereocenters. The molecule has 0 unspecified atom stereocenters. The van der Waals surface area contributed by atoms with E-state index in [4.69, 9.17) is 9.47 Å². The molecule has 1 aromatic heterocycles. The predicted octanol–water partition coefficient (Wildman–Crippen LogP) is 4.52. The van der Waals surface area contributed by atoms with Crippen LogP contribution in [0.3, 0.4) is 0 Å². The Bertz CT molecular complexity index is 1280. The van der Waals surface area contributed by atoms with Gasteiger partial charge in [0.25, 0.3) is 5.91 Å². The maximum Gasteiger partial charge on any atom is 0.289 e. The molecule has 0 aliphatic carbocycles. The fourth-order valence-electron chi connectivity index (χ4n) is 3.21. The average molecular weight is 457 g/mol. The molecular weight excluding hydrogens is 432 g/mol. The lowest BCUT2D eigenvalue weighted by Gasteiger charge is -2.07. The first-order chi connectivity index (χ1) is 16.6. The summed E-state index contributed by atoms with van der Waals surface area (Å²) >= 11 is 0. The van der Waals surface area contributed by atoms with Gasteiger partial charge in [0, 0.05) is 11.1 Å². The van der Waals surface area contributed by atoms with Gasteiger partial charge < -0.3 is 14.6 Å². The number of nitrogens with zero attached hydrogens (tertiary/aromatic N) is 2. The minimum absolute atomic E-state index is 0.0412. The molecule has 4 aromatic rings. The molecule has 172 valence electrons. The summed E-state index contributed by atoms with van der Waals surface area (Å²) in [6, 6.07) is 24.1. The number of phenolic OH excluding ortho intramolecular Hbond substituents is 1. The second-order valence-corrected chi connectivity index (χ2v) is 7.30. The van der Waals surface area contributed by atoms with E-state index in [0.717, 1.165) is 11.1 Å². The van der Waals surface area contributed by atoms with Crippen LogP contribution in [0.1, 0.15) is 28.5 Å². The average Bonchev–Trinajstić information content (AvgIpc) is 3.37. The van der Waals surface area contributed by atoms with Crippen LogP contribution in [0.2, 0.25) is 0 Å². The summed E-state index contributed by atoms with van der Waals surface area (Å²) in [5, 5.41) is 21.1. The number of nitrogens with one attached hydrogen (secondary N) is 2. The molecule has 8 heteroatoms. The zero-order valence-corrected chi connectivity index (χ0v) is 18.6. The third-order valence-electron chi connectivity index (χ3n) is 4.90. The van der Waals surface area contributed by atoms with Gasteiger partial charge in [-0.1, -0.05) is 48.5 Å². The van der Waals surface area contributed by atoms with Crippen molar-refractivity contribution in [3.63, 3.8) is 0 Å². The zero-order chi connectivity index (χ0) is 23.8. The van der Waals surface area contributed by atoms with Gasteiger partial charge in [-0.15, -0.1) is 0 Å². The summed E-state index contributed by atoms with van der Waals surface area (Å²) in [7, 11) is 0. The monoisotopic (exact) mass is 456 g/mol. The van der Waals surface area contributed by atoms with Crippen LogP contribution in [-0.2, 0) is 6.61 Å². The van der Waals surface area contributed by atoms with Gasteiger partial charge in [-0.25, -0.2) is 5.43 Å². The van der Waals surface area contributed by atoms with Crippen LogP contribution in [0, 0.1) is 0 Å². The molecule has 3 N–H and O–H groups in total. The molecule has 0 radical (unpaired) electrons. The van der Waals surface area contributed by atoms with Crippen LogP contribution in [0.4, 0.5) is 0 Å². The molecule has 0 saturated carbocycles. The van der Waals surface area contributed by atoms with Gasteiger partial charge in [0.2, 0.25) is 0 Å². The van der Waals surface area contributed by atoms with E-state index >= 15 is 0 Å². The van der Waals surface area contributed by atoms with Crippen LogP contribution >= 0.6 is 0 Å². The lowest BCUT2D eigenvalue weighted by molar-refractivity contribution is 0.0950. The number of aromatic amines is 1. The number of amides is 1. The van der Waals surface area contributed by atoms with Gasteiger partial charge in [-0.05, 0) is 42.8 Å². The Morgan fingerprint density at radius 2 is 1.88 bits per heavy atom. The number of ether oxygens (including phenoxy) is 2. The molecule has 34 heavy (non-hydrogen) atoms. The third-order valence-corrected chi connectivity index (χ3v) is 4.90. The Morgan fingerprint density at radius 3 is 2.71 bits per heavy atom. The highest BCUT2D eigenvalue weighted by molar-refractivity contribution is 5.94. The number of hydrogen-bond donors (Lipinski definition) is 3. The summed E-state index contributed by atoms with van der Waals surface area (Å²) in [6.45, 7) is 2.71. The number of para-hydroxylation sites is 1. The highest BCUT2D eigenvalue weighted by atomic mass is 16.5. The largest absolute Gasteiger partial charge is 0.504 e. The maximum atomic E-state index is 12.5. The minimum Gasteiger partial charge on any atom is -0.504 e. The van der Waals surface area contributed by atoms with E-state index in [1.807, 2.05) is 61.5 Å². The fraction of sp³-hybridized carbons (Fsp3) is 0.115. The molecule has 0 aliphatic heterocycles. The number of carbonyl (C=O) groups is 1. The van der Waals surface area contributed by atoms with Crippen LogP contribution < -0.4 is 14.9 Å². The van der Waals surface area contributed by atoms with Crippen molar-refractivity contribution in [3.8, 4) is 28.5 Å². The van der Waals surface area contributed by atoms with Gasteiger partial charge >= 0.3 is 0 Å². The summed E-state index contributed by atoms with van der Waals surface area (Å²) in [5.74, 6) is 0.549. The van der Waals surface area contributed by atoms with E-state index in [-0.39, 0.29) is 11.4 Å². The summed E-state index contributed by atoms with van der Waals surface area (Å²) in [6.07, 6.45) is 1.35. The summed E-state index contributed by atoms with van der Waals surface area (Å²) < 4.78 is 11.2.